The number of methoxy groups -OCH3 is 1. The van der Waals surface area contributed by atoms with E-state index >= 15 is 0 Å². The first-order valence-corrected chi connectivity index (χ1v) is 20.2. The van der Waals surface area contributed by atoms with Gasteiger partial charge in [-0.05, 0) is 105 Å². The van der Waals surface area contributed by atoms with Crippen LogP contribution in [-0.4, -0.2) is 68.5 Å². The molecule has 0 unspecified atom stereocenters. The minimum Gasteiger partial charge on any atom is -0.487 e. The van der Waals surface area contributed by atoms with Crippen LogP contribution in [-0.2, 0) is 40.8 Å². The molecule has 0 radical (unpaired) electrons. The molecule has 2 bridgehead atoms. The number of carbonyl (C=O) groups excluding carboxylic acids is 1. The molecule has 1 aliphatic carbocycles. The van der Waals surface area contributed by atoms with Crippen LogP contribution in [0.5, 0.6) is 5.75 Å². The smallest absolute Gasteiger partial charge is 0.264 e. The van der Waals surface area contributed by atoms with E-state index in [0.717, 1.165) is 87.2 Å². The average molecular weight is 737 g/mol. The van der Waals surface area contributed by atoms with Gasteiger partial charge in [0.2, 0.25) is 10.0 Å². The fourth-order valence-electron chi connectivity index (χ4n) is 8.32. The summed E-state index contributed by atoms with van der Waals surface area (Å²) in [4.78, 5) is 18.4. The van der Waals surface area contributed by atoms with Crippen molar-refractivity contribution in [2.24, 2.45) is 17.8 Å². The van der Waals surface area contributed by atoms with Crippen LogP contribution in [0.4, 0.5) is 5.69 Å². The number of aryl methyl sites for hydroxylation is 1. The standard InChI is InChI=1S/C39H49ClN4O6S/c1-26-7-6-16-39(48-3,25-43-18-15-35-32(21-43)24-50-41-35)34-13-10-30(34)22-44-17-5-4-8-28-19-33(40)12-9-31(28)23-49-37-14-11-29(20-36(37)44)38(45)42-51(46,47)27(26)2/h6,9,11-12,14,16,19-20,24,26-27,30,34H,4-5,7-8,10,13,15,17-18,21-23,25H2,1-3H3,(H,42,45)/b16-6+/t26-,27+,30-,34+,39+/m0/s1. The molecule has 0 saturated heterocycles. The predicted molar refractivity (Wildman–Crippen MR) is 198 cm³/mol. The summed E-state index contributed by atoms with van der Waals surface area (Å²) < 4.78 is 47.9. The Morgan fingerprint density at radius 2 is 1.92 bits per heavy atom. The number of nitrogens with zero attached hydrogens (tertiary/aromatic N) is 3. The molecule has 7 rings (SSSR count). The maximum atomic E-state index is 13.6. The Labute approximate surface area is 306 Å². The van der Waals surface area contributed by atoms with Crippen LogP contribution in [0.2, 0.25) is 5.02 Å². The number of rotatable bonds is 3. The Balaban J connectivity index is 1.27. The highest BCUT2D eigenvalue weighted by atomic mass is 35.5. The van der Waals surface area contributed by atoms with E-state index in [2.05, 4.69) is 31.8 Å². The number of amides is 1. The van der Waals surface area contributed by atoms with Crippen LogP contribution < -0.4 is 14.4 Å². The van der Waals surface area contributed by atoms with Crippen LogP contribution in [0.25, 0.3) is 0 Å². The van der Waals surface area contributed by atoms with E-state index in [1.165, 1.54) is 5.56 Å². The normalized spacial score (nSPS) is 29.2. The molecule has 1 fully saturated rings. The molecule has 3 aliphatic heterocycles. The summed E-state index contributed by atoms with van der Waals surface area (Å²) in [5.41, 5.74) is 4.90. The van der Waals surface area contributed by atoms with Gasteiger partial charge in [0.15, 0.2) is 0 Å². The van der Waals surface area contributed by atoms with Crippen LogP contribution in [0, 0.1) is 17.8 Å². The topological polar surface area (TPSA) is 114 Å². The number of ether oxygens (including phenoxy) is 2. The second kappa shape index (κ2) is 14.9. The number of carbonyl (C=O) groups is 1. The van der Waals surface area contributed by atoms with Gasteiger partial charge in [-0.1, -0.05) is 41.9 Å². The van der Waals surface area contributed by atoms with Crippen molar-refractivity contribution >= 4 is 33.2 Å². The number of hydrogen-bond acceptors (Lipinski definition) is 9. The van der Waals surface area contributed by atoms with Crippen LogP contribution in [0.1, 0.15) is 78.7 Å². The van der Waals surface area contributed by atoms with E-state index in [4.69, 9.17) is 25.6 Å². The Bertz CT molecular complexity index is 1880. The molecular weight excluding hydrogens is 688 g/mol. The lowest BCUT2D eigenvalue weighted by Gasteiger charge is -2.51. The van der Waals surface area contributed by atoms with Gasteiger partial charge in [-0.15, -0.1) is 0 Å². The monoisotopic (exact) mass is 736 g/mol. The molecular formula is C39H49ClN4O6S. The molecule has 2 aromatic carbocycles. The van der Waals surface area contributed by atoms with Crippen molar-refractivity contribution in [3.05, 3.63) is 87.8 Å². The third kappa shape index (κ3) is 7.59. The van der Waals surface area contributed by atoms with Crippen molar-refractivity contribution in [2.45, 2.75) is 82.8 Å². The zero-order chi connectivity index (χ0) is 35.8. The number of nitrogens with one attached hydrogen (secondary N) is 1. The maximum absolute atomic E-state index is 13.6. The second-order valence-corrected chi connectivity index (χ2v) is 17.4. The van der Waals surface area contributed by atoms with Crippen LogP contribution >= 0.6 is 11.6 Å². The molecule has 51 heavy (non-hydrogen) atoms. The number of allylic oxidation sites excluding steroid dienone is 1. The molecule has 5 atom stereocenters. The molecule has 1 aromatic heterocycles. The highest BCUT2D eigenvalue weighted by Crippen LogP contribution is 2.47. The molecule has 4 aliphatic rings. The Morgan fingerprint density at radius 3 is 2.73 bits per heavy atom. The summed E-state index contributed by atoms with van der Waals surface area (Å²) >= 11 is 6.39. The Hall–Kier alpha value is -3.38. The summed E-state index contributed by atoms with van der Waals surface area (Å²) in [6, 6.07) is 11.2. The van der Waals surface area contributed by atoms with Crippen LogP contribution in [0.15, 0.2) is 59.3 Å². The predicted octanol–water partition coefficient (Wildman–Crippen LogP) is 6.56. The van der Waals surface area contributed by atoms with Gasteiger partial charge in [-0.25, -0.2) is 13.1 Å². The minimum atomic E-state index is -3.97. The van der Waals surface area contributed by atoms with Crippen molar-refractivity contribution in [1.82, 2.24) is 14.8 Å². The molecule has 274 valence electrons. The van der Waals surface area contributed by atoms with Gasteiger partial charge >= 0.3 is 0 Å². The minimum absolute atomic E-state index is 0.229. The van der Waals surface area contributed by atoms with E-state index in [0.29, 0.717) is 36.3 Å². The lowest BCUT2D eigenvalue weighted by molar-refractivity contribution is -0.0931. The summed E-state index contributed by atoms with van der Waals surface area (Å²) in [6.07, 6.45) is 12.3. The fourth-order valence-corrected chi connectivity index (χ4v) is 9.79. The average Bonchev–Trinajstić information content (AvgIpc) is 3.56. The number of halogens is 1. The van der Waals surface area contributed by atoms with Crippen molar-refractivity contribution in [2.75, 3.05) is 38.2 Å². The SMILES string of the molecule is CO[C@@]1(CN2CCc3nocc3C2)/C=C/C[C@H](C)[C@@H](C)S(=O)(=O)NC(=O)c2ccc3c(c2)N(CCCCc2cc(Cl)ccc2CO3)C[C@@H]2CC[C@H]21. The van der Waals surface area contributed by atoms with Gasteiger partial charge in [0.05, 0.1) is 16.6 Å². The van der Waals surface area contributed by atoms with E-state index in [1.807, 2.05) is 44.4 Å². The number of aromatic nitrogens is 1. The van der Waals surface area contributed by atoms with E-state index in [-0.39, 0.29) is 17.4 Å². The highest BCUT2D eigenvalue weighted by Gasteiger charge is 2.48. The van der Waals surface area contributed by atoms with E-state index < -0.39 is 26.8 Å². The number of anilines is 1. The Morgan fingerprint density at radius 1 is 1.06 bits per heavy atom. The van der Waals surface area contributed by atoms with E-state index in [9.17, 15) is 13.2 Å². The van der Waals surface area contributed by atoms with Crippen molar-refractivity contribution in [1.29, 1.82) is 0 Å². The van der Waals surface area contributed by atoms with Crippen molar-refractivity contribution in [3.63, 3.8) is 0 Å². The molecule has 1 saturated carbocycles. The van der Waals surface area contributed by atoms with Gasteiger partial charge in [-0.2, -0.15) is 0 Å². The quantitative estimate of drug-likeness (QED) is 0.299. The molecule has 3 aromatic rings. The van der Waals surface area contributed by atoms with Crippen LogP contribution in [0.3, 0.4) is 0 Å². The maximum Gasteiger partial charge on any atom is 0.264 e. The second-order valence-electron chi connectivity index (χ2n) is 14.9. The Kier molecular flexibility index (Phi) is 10.5. The summed E-state index contributed by atoms with van der Waals surface area (Å²) in [5, 5.41) is 4.11. The van der Waals surface area contributed by atoms with Gasteiger partial charge in [0, 0.05) is 62.4 Å². The number of sulfonamides is 1. The summed E-state index contributed by atoms with van der Waals surface area (Å²) in [6.45, 7) is 7.76. The molecule has 1 amide bonds. The van der Waals surface area contributed by atoms with Gasteiger partial charge < -0.3 is 18.9 Å². The number of fused-ring (bicyclic) bond motifs is 4. The highest BCUT2D eigenvalue weighted by molar-refractivity contribution is 7.90. The lowest BCUT2D eigenvalue weighted by atomic mass is 9.63. The zero-order valence-corrected chi connectivity index (χ0v) is 31.3. The first-order chi connectivity index (χ1) is 24.5. The summed E-state index contributed by atoms with van der Waals surface area (Å²) in [7, 11) is -2.16. The number of hydrogen-bond donors (Lipinski definition) is 1. The first kappa shape index (κ1) is 36.0. The molecule has 0 spiro atoms. The molecule has 1 N–H and O–H groups in total. The number of benzene rings is 2. The van der Waals surface area contributed by atoms with Crippen molar-refractivity contribution < 1.29 is 27.2 Å². The molecule has 10 nitrogen and oxygen atoms in total. The van der Waals surface area contributed by atoms with Gasteiger partial charge in [0.1, 0.15) is 24.2 Å². The van der Waals surface area contributed by atoms with Gasteiger partial charge in [0.25, 0.3) is 5.91 Å². The largest absolute Gasteiger partial charge is 0.487 e. The van der Waals surface area contributed by atoms with E-state index in [1.54, 1.807) is 19.3 Å². The third-order valence-corrected chi connectivity index (χ3v) is 14.0. The van der Waals surface area contributed by atoms with Crippen molar-refractivity contribution in [3.8, 4) is 5.75 Å². The van der Waals surface area contributed by atoms with Gasteiger partial charge in [-0.3, -0.25) is 9.69 Å². The lowest BCUT2D eigenvalue weighted by Crippen LogP contribution is -2.56. The first-order valence-electron chi connectivity index (χ1n) is 18.3. The zero-order valence-electron chi connectivity index (χ0n) is 29.8. The molecule has 4 heterocycles. The third-order valence-electron chi connectivity index (χ3n) is 11.8. The summed E-state index contributed by atoms with van der Waals surface area (Å²) in [5.74, 6) is 0.335. The fraction of sp³-hybridized carbons (Fsp3) is 0.538. The molecule has 12 heteroatoms.